The summed E-state index contributed by atoms with van der Waals surface area (Å²) in [4.78, 5) is 2.12. The average molecular weight is 258 g/mol. The van der Waals surface area contributed by atoms with E-state index >= 15 is 0 Å². The average Bonchev–Trinajstić information content (AvgIpc) is 2.46. The van der Waals surface area contributed by atoms with Gasteiger partial charge in [0.15, 0.2) is 0 Å². The lowest BCUT2D eigenvalue weighted by Gasteiger charge is -2.22. The fourth-order valence-electron chi connectivity index (χ4n) is 2.54. The van der Waals surface area contributed by atoms with Crippen LogP contribution in [0.1, 0.15) is 18.9 Å². The summed E-state index contributed by atoms with van der Waals surface area (Å²) in [6.07, 6.45) is 1.19. The number of hydrogen-bond donors (Lipinski definition) is 1. The van der Waals surface area contributed by atoms with E-state index < -0.39 is 5.60 Å². The number of hydrogen-bond acceptors (Lipinski definition) is 2. The Balaban J connectivity index is 2.16. The minimum Gasteiger partial charge on any atom is -0.388 e. The highest BCUT2D eigenvalue weighted by Gasteiger charge is 2.39. The number of likely N-dealkylation sites (tertiary alicyclic amines) is 1. The minimum absolute atomic E-state index is 0.345. The third-order valence-corrected chi connectivity index (χ3v) is 3.86. The first kappa shape index (κ1) is 12.8. The molecule has 1 aromatic rings. The molecular weight excluding hydrogens is 241 g/mol. The van der Waals surface area contributed by atoms with Crippen LogP contribution in [0, 0.1) is 5.82 Å². The number of nitrogens with zero attached hydrogens (tertiary/aromatic N) is 1. The lowest BCUT2D eigenvalue weighted by atomic mass is 9.92. The molecule has 94 valence electrons. The van der Waals surface area contributed by atoms with Crippen LogP contribution in [0.3, 0.4) is 0 Å². The smallest absolute Gasteiger partial charge is 0.124 e. The van der Waals surface area contributed by atoms with Crippen LogP contribution in [0.15, 0.2) is 18.2 Å². The van der Waals surface area contributed by atoms with Crippen molar-refractivity contribution in [2.75, 3.05) is 13.6 Å². The fraction of sp³-hybridized carbons (Fsp3) is 0.538. The van der Waals surface area contributed by atoms with Gasteiger partial charge in [0.25, 0.3) is 0 Å². The van der Waals surface area contributed by atoms with Crippen molar-refractivity contribution >= 4 is 11.6 Å². The molecule has 17 heavy (non-hydrogen) atoms. The Labute approximate surface area is 106 Å². The second-order valence-electron chi connectivity index (χ2n) is 5.11. The first-order chi connectivity index (χ1) is 7.89. The summed E-state index contributed by atoms with van der Waals surface area (Å²) >= 11 is 5.98. The predicted molar refractivity (Wildman–Crippen MR) is 66.8 cm³/mol. The van der Waals surface area contributed by atoms with Gasteiger partial charge in [0.05, 0.1) is 5.60 Å². The number of benzene rings is 1. The minimum atomic E-state index is -0.754. The number of aliphatic hydroxyl groups is 1. The van der Waals surface area contributed by atoms with Gasteiger partial charge in [-0.15, -0.1) is 0 Å². The molecule has 0 radical (unpaired) electrons. The molecule has 0 amide bonds. The number of β-amino-alcohol motifs (C(OH)–C–C–N with tert-alkyl or cyclic N) is 1. The van der Waals surface area contributed by atoms with Crippen molar-refractivity contribution in [3.63, 3.8) is 0 Å². The molecule has 1 saturated heterocycles. The van der Waals surface area contributed by atoms with E-state index in [4.69, 9.17) is 11.6 Å². The monoisotopic (exact) mass is 257 g/mol. The summed E-state index contributed by atoms with van der Waals surface area (Å²) in [6, 6.07) is 4.69. The molecule has 1 fully saturated rings. The Morgan fingerprint density at radius 3 is 2.82 bits per heavy atom. The Morgan fingerprint density at radius 2 is 2.29 bits per heavy atom. The zero-order valence-corrected chi connectivity index (χ0v) is 10.8. The van der Waals surface area contributed by atoms with Gasteiger partial charge in [0, 0.05) is 24.0 Å². The number of likely N-dealkylation sites (N-methyl/N-ethyl adjacent to an activating group) is 1. The van der Waals surface area contributed by atoms with E-state index in [2.05, 4.69) is 11.8 Å². The van der Waals surface area contributed by atoms with Gasteiger partial charge < -0.3 is 10.0 Å². The summed E-state index contributed by atoms with van der Waals surface area (Å²) in [5.74, 6) is -0.345. The highest BCUT2D eigenvalue weighted by Crippen LogP contribution is 2.31. The molecule has 2 rings (SSSR count). The van der Waals surface area contributed by atoms with E-state index in [0.717, 1.165) is 12.0 Å². The zero-order valence-electron chi connectivity index (χ0n) is 10.1. The molecule has 4 heteroatoms. The van der Waals surface area contributed by atoms with E-state index in [0.29, 0.717) is 24.0 Å². The number of halogens is 2. The Kier molecular flexibility index (Phi) is 3.43. The molecule has 0 bridgehead atoms. The van der Waals surface area contributed by atoms with Crippen molar-refractivity contribution in [3.05, 3.63) is 34.6 Å². The molecule has 1 aromatic carbocycles. The molecule has 1 N–H and O–H groups in total. The van der Waals surface area contributed by atoms with Gasteiger partial charge in [-0.3, -0.25) is 0 Å². The molecule has 0 aliphatic carbocycles. The lowest BCUT2D eigenvalue weighted by Crippen LogP contribution is -2.34. The van der Waals surface area contributed by atoms with Crippen LogP contribution in [0.5, 0.6) is 0 Å². The molecule has 1 aliphatic rings. The Bertz CT molecular complexity index is 414. The van der Waals surface area contributed by atoms with Crippen LogP contribution in [0.2, 0.25) is 5.02 Å². The van der Waals surface area contributed by atoms with E-state index in [9.17, 15) is 9.50 Å². The molecule has 1 aliphatic heterocycles. The Morgan fingerprint density at radius 1 is 1.59 bits per heavy atom. The van der Waals surface area contributed by atoms with Crippen LogP contribution in [-0.2, 0) is 6.42 Å². The van der Waals surface area contributed by atoms with Crippen molar-refractivity contribution < 1.29 is 9.50 Å². The molecule has 2 atom stereocenters. The van der Waals surface area contributed by atoms with Crippen LogP contribution < -0.4 is 0 Å². The predicted octanol–water partition coefficient (Wildman–Crippen LogP) is 2.48. The van der Waals surface area contributed by atoms with Crippen LogP contribution >= 0.6 is 11.6 Å². The molecule has 2 nitrogen and oxygen atoms in total. The van der Waals surface area contributed by atoms with E-state index in [1.807, 2.05) is 7.05 Å². The topological polar surface area (TPSA) is 23.5 Å². The highest BCUT2D eigenvalue weighted by molar-refractivity contribution is 6.31. The molecule has 0 saturated carbocycles. The van der Waals surface area contributed by atoms with Gasteiger partial charge in [0.2, 0.25) is 0 Å². The molecule has 0 spiro atoms. The first-order valence-electron chi connectivity index (χ1n) is 5.76. The summed E-state index contributed by atoms with van der Waals surface area (Å²) < 4.78 is 12.9. The highest BCUT2D eigenvalue weighted by atomic mass is 35.5. The second-order valence-corrected chi connectivity index (χ2v) is 5.51. The van der Waals surface area contributed by atoms with Crippen molar-refractivity contribution in [2.45, 2.75) is 31.4 Å². The lowest BCUT2D eigenvalue weighted by molar-refractivity contribution is 0.0520. The van der Waals surface area contributed by atoms with E-state index in [-0.39, 0.29) is 5.82 Å². The van der Waals surface area contributed by atoms with Gasteiger partial charge in [0.1, 0.15) is 5.82 Å². The standard InChI is InChI=1S/C13H17ClFNO/c1-9-6-13(17,8-16(9)2)7-10-3-4-11(15)5-12(10)14/h3-5,9,17H,6-8H2,1-2H3. The third-order valence-electron chi connectivity index (χ3n) is 3.51. The molecule has 2 unspecified atom stereocenters. The van der Waals surface area contributed by atoms with E-state index in [1.54, 1.807) is 6.07 Å². The maximum atomic E-state index is 12.9. The molecular formula is C13H17ClFNO. The van der Waals surface area contributed by atoms with Gasteiger partial charge >= 0.3 is 0 Å². The van der Waals surface area contributed by atoms with Crippen LogP contribution in [0.4, 0.5) is 4.39 Å². The summed E-state index contributed by atoms with van der Waals surface area (Å²) in [5, 5.41) is 10.9. The molecule has 1 heterocycles. The van der Waals surface area contributed by atoms with Gasteiger partial charge in [-0.25, -0.2) is 4.39 Å². The molecule has 0 aromatic heterocycles. The summed E-state index contributed by atoms with van der Waals surface area (Å²) in [7, 11) is 1.99. The maximum Gasteiger partial charge on any atom is 0.124 e. The fourth-order valence-corrected chi connectivity index (χ4v) is 2.77. The SMILES string of the molecule is CC1CC(O)(Cc2ccc(F)cc2Cl)CN1C. The summed E-state index contributed by atoms with van der Waals surface area (Å²) in [5.41, 5.74) is 0.0494. The van der Waals surface area contributed by atoms with Crippen LogP contribution in [0.25, 0.3) is 0 Å². The van der Waals surface area contributed by atoms with Crippen molar-refractivity contribution in [1.29, 1.82) is 0 Å². The quantitative estimate of drug-likeness (QED) is 0.880. The van der Waals surface area contributed by atoms with Crippen molar-refractivity contribution in [1.82, 2.24) is 4.90 Å². The van der Waals surface area contributed by atoms with Gasteiger partial charge in [-0.2, -0.15) is 0 Å². The summed E-state index contributed by atoms with van der Waals surface area (Å²) in [6.45, 7) is 2.71. The van der Waals surface area contributed by atoms with Crippen molar-refractivity contribution in [2.24, 2.45) is 0 Å². The zero-order chi connectivity index (χ0) is 12.6. The third kappa shape index (κ3) is 2.79. The maximum absolute atomic E-state index is 12.9. The van der Waals surface area contributed by atoms with Gasteiger partial charge in [-0.1, -0.05) is 17.7 Å². The van der Waals surface area contributed by atoms with Crippen molar-refractivity contribution in [3.8, 4) is 0 Å². The largest absolute Gasteiger partial charge is 0.388 e. The van der Waals surface area contributed by atoms with Crippen LogP contribution in [-0.4, -0.2) is 35.2 Å². The van der Waals surface area contributed by atoms with E-state index in [1.165, 1.54) is 12.1 Å². The number of rotatable bonds is 2. The first-order valence-corrected chi connectivity index (χ1v) is 6.14. The normalized spacial score (nSPS) is 29.8. The second kappa shape index (κ2) is 4.56. The Hall–Kier alpha value is -0.640. The van der Waals surface area contributed by atoms with Gasteiger partial charge in [-0.05, 0) is 38.1 Å².